The fraction of sp³-hybridized carbons (Fsp3) is 0.450. The van der Waals surface area contributed by atoms with Crippen molar-refractivity contribution in [1.29, 1.82) is 0 Å². The van der Waals surface area contributed by atoms with Gasteiger partial charge in [0.1, 0.15) is 4.21 Å². The molecule has 0 spiro atoms. The molecule has 0 bridgehead atoms. The minimum atomic E-state index is -3.61. The van der Waals surface area contributed by atoms with E-state index in [2.05, 4.69) is 4.90 Å². The predicted octanol–water partition coefficient (Wildman–Crippen LogP) is 2.21. The molecule has 1 aliphatic rings. The summed E-state index contributed by atoms with van der Waals surface area (Å²) >= 11 is 1.02. The van der Waals surface area contributed by atoms with Crippen molar-refractivity contribution in [2.45, 2.75) is 24.1 Å². The third-order valence-corrected chi connectivity index (χ3v) is 8.58. The number of nitrogens with zero attached hydrogens (tertiary/aromatic N) is 2. The van der Waals surface area contributed by atoms with Crippen LogP contribution in [0.4, 0.5) is 0 Å². The van der Waals surface area contributed by atoms with E-state index in [0.29, 0.717) is 49.1 Å². The number of sulfonamides is 1. The zero-order valence-corrected chi connectivity index (χ0v) is 18.9. The van der Waals surface area contributed by atoms with Gasteiger partial charge in [0.2, 0.25) is 0 Å². The lowest BCUT2D eigenvalue weighted by molar-refractivity contribution is -0.136. The highest BCUT2D eigenvalue weighted by Crippen LogP contribution is 2.31. The molecule has 1 saturated heterocycles. The first-order chi connectivity index (χ1) is 14.2. The van der Waals surface area contributed by atoms with E-state index in [4.69, 9.17) is 14.6 Å². The molecular weight excluding hydrogens is 428 g/mol. The number of hydrogen-bond donors (Lipinski definition) is 1. The van der Waals surface area contributed by atoms with Gasteiger partial charge < -0.3 is 14.6 Å². The van der Waals surface area contributed by atoms with Gasteiger partial charge in [-0.05, 0) is 42.3 Å². The zero-order valence-electron chi connectivity index (χ0n) is 17.3. The van der Waals surface area contributed by atoms with Gasteiger partial charge in [0, 0.05) is 37.6 Å². The molecule has 1 aliphatic heterocycles. The lowest BCUT2D eigenvalue weighted by atomic mass is 10.1. The molecule has 0 saturated carbocycles. The first-order valence-corrected chi connectivity index (χ1v) is 11.7. The van der Waals surface area contributed by atoms with Crippen molar-refractivity contribution in [3.63, 3.8) is 0 Å². The topological polar surface area (TPSA) is 96.4 Å². The number of ether oxygens (including phenoxy) is 2. The van der Waals surface area contributed by atoms with Gasteiger partial charge in [-0.25, -0.2) is 8.42 Å². The maximum absolute atomic E-state index is 12.9. The Morgan fingerprint density at radius 1 is 1.10 bits per heavy atom. The van der Waals surface area contributed by atoms with Crippen LogP contribution in [0.3, 0.4) is 0 Å². The lowest BCUT2D eigenvalue weighted by Crippen LogP contribution is -2.48. The number of hydrogen-bond acceptors (Lipinski definition) is 7. The Morgan fingerprint density at radius 3 is 2.33 bits per heavy atom. The third kappa shape index (κ3) is 4.94. The van der Waals surface area contributed by atoms with Crippen LogP contribution in [0.2, 0.25) is 0 Å². The molecule has 1 aromatic heterocycles. The van der Waals surface area contributed by atoms with Crippen LogP contribution >= 0.6 is 11.3 Å². The summed E-state index contributed by atoms with van der Waals surface area (Å²) in [7, 11) is -0.395. The number of thiophene rings is 1. The van der Waals surface area contributed by atoms with Crippen LogP contribution in [-0.4, -0.2) is 69.1 Å². The Hall–Kier alpha value is -2.14. The summed E-state index contributed by atoms with van der Waals surface area (Å²) in [6.07, 6.45) is -0.168. The van der Waals surface area contributed by atoms with Crippen LogP contribution in [-0.2, 0) is 27.8 Å². The fourth-order valence-electron chi connectivity index (χ4n) is 3.43. The van der Waals surface area contributed by atoms with E-state index in [1.54, 1.807) is 20.3 Å². The van der Waals surface area contributed by atoms with E-state index in [-0.39, 0.29) is 10.6 Å². The molecule has 0 atom stereocenters. The molecule has 1 aromatic carbocycles. The Morgan fingerprint density at radius 2 is 1.73 bits per heavy atom. The number of aryl methyl sites for hydroxylation is 1. The number of methoxy groups -OCH3 is 2. The van der Waals surface area contributed by atoms with Crippen LogP contribution in [0.25, 0.3) is 0 Å². The number of aliphatic carboxylic acids is 1. The van der Waals surface area contributed by atoms with Crippen LogP contribution < -0.4 is 9.47 Å². The second-order valence-corrected chi connectivity index (χ2v) is 10.4. The van der Waals surface area contributed by atoms with E-state index in [0.717, 1.165) is 22.5 Å². The minimum absolute atomic E-state index is 0.168. The average Bonchev–Trinajstić information content (AvgIpc) is 3.18. The van der Waals surface area contributed by atoms with E-state index in [9.17, 15) is 13.2 Å². The summed E-state index contributed by atoms with van der Waals surface area (Å²) in [6.45, 7) is 4.72. The number of rotatable bonds is 8. The van der Waals surface area contributed by atoms with Gasteiger partial charge >= 0.3 is 5.97 Å². The van der Waals surface area contributed by atoms with Crippen molar-refractivity contribution in [2.24, 2.45) is 0 Å². The fourth-order valence-corrected chi connectivity index (χ4v) is 6.35. The summed E-state index contributed by atoms with van der Waals surface area (Å²) < 4.78 is 38.2. The lowest BCUT2D eigenvalue weighted by Gasteiger charge is -2.34. The summed E-state index contributed by atoms with van der Waals surface area (Å²) in [5.41, 5.74) is 2.20. The van der Waals surface area contributed by atoms with Crippen molar-refractivity contribution in [3.8, 4) is 11.5 Å². The maximum atomic E-state index is 12.9. The van der Waals surface area contributed by atoms with E-state index < -0.39 is 16.0 Å². The Balaban J connectivity index is 1.65. The highest BCUT2D eigenvalue weighted by molar-refractivity contribution is 7.91. The van der Waals surface area contributed by atoms with Gasteiger partial charge in [-0.2, -0.15) is 4.31 Å². The first-order valence-electron chi connectivity index (χ1n) is 9.49. The van der Waals surface area contributed by atoms with Gasteiger partial charge in [-0.15, -0.1) is 11.3 Å². The average molecular weight is 455 g/mol. The van der Waals surface area contributed by atoms with Crippen molar-refractivity contribution >= 4 is 27.3 Å². The standard InChI is InChI=1S/C20H26N2O6S2/c1-14-10-17(27-2)18(28-3)11-15(14)13-21-6-8-22(9-7-21)30(25,26)20-5-4-16(29-20)12-19(23)24/h4-5,10-11H,6-9,12-13H2,1-3H3,(H,23,24). The van der Waals surface area contributed by atoms with E-state index in [1.807, 2.05) is 19.1 Å². The number of carbonyl (C=O) groups is 1. The molecule has 8 nitrogen and oxygen atoms in total. The van der Waals surface area contributed by atoms with E-state index in [1.165, 1.54) is 10.4 Å². The van der Waals surface area contributed by atoms with Crippen LogP contribution in [0.5, 0.6) is 11.5 Å². The first kappa shape index (κ1) is 22.5. The number of piperazine rings is 1. The largest absolute Gasteiger partial charge is 0.493 e. The summed E-state index contributed by atoms with van der Waals surface area (Å²) in [6, 6.07) is 6.98. The van der Waals surface area contributed by atoms with Crippen molar-refractivity contribution in [1.82, 2.24) is 9.21 Å². The van der Waals surface area contributed by atoms with E-state index >= 15 is 0 Å². The molecule has 0 amide bonds. The molecule has 2 heterocycles. The molecule has 0 aliphatic carbocycles. The minimum Gasteiger partial charge on any atom is -0.493 e. The second-order valence-electron chi connectivity index (χ2n) is 7.11. The Bertz CT molecular complexity index is 1010. The smallest absolute Gasteiger partial charge is 0.308 e. The number of carboxylic acids is 1. The maximum Gasteiger partial charge on any atom is 0.308 e. The number of carboxylic acid groups (broad SMARTS) is 1. The molecule has 30 heavy (non-hydrogen) atoms. The van der Waals surface area contributed by atoms with Gasteiger partial charge in [0.05, 0.1) is 20.6 Å². The SMILES string of the molecule is COc1cc(C)c(CN2CCN(S(=O)(=O)c3ccc(CC(=O)O)s3)CC2)cc1OC. The van der Waals surface area contributed by atoms with Crippen molar-refractivity contribution < 1.29 is 27.8 Å². The molecule has 10 heteroatoms. The highest BCUT2D eigenvalue weighted by Gasteiger charge is 2.30. The summed E-state index contributed by atoms with van der Waals surface area (Å²) in [5, 5.41) is 8.89. The third-order valence-electron chi connectivity index (χ3n) is 5.12. The zero-order chi connectivity index (χ0) is 21.9. The highest BCUT2D eigenvalue weighted by atomic mass is 32.2. The molecular formula is C20H26N2O6S2. The molecule has 164 valence electrons. The normalized spacial score (nSPS) is 15.8. The number of benzene rings is 1. The van der Waals surface area contributed by atoms with Gasteiger partial charge in [0.25, 0.3) is 10.0 Å². The second kappa shape index (κ2) is 9.34. The Labute approximate surface area is 180 Å². The Kier molecular flexibility index (Phi) is 7.02. The molecule has 2 aromatic rings. The monoisotopic (exact) mass is 454 g/mol. The summed E-state index contributed by atoms with van der Waals surface area (Å²) in [4.78, 5) is 13.6. The molecule has 0 radical (unpaired) electrons. The van der Waals surface area contributed by atoms with Gasteiger partial charge in [0.15, 0.2) is 11.5 Å². The van der Waals surface area contributed by atoms with Crippen molar-refractivity contribution in [3.05, 3.63) is 40.3 Å². The van der Waals surface area contributed by atoms with Gasteiger partial charge in [-0.3, -0.25) is 9.69 Å². The van der Waals surface area contributed by atoms with Crippen molar-refractivity contribution in [2.75, 3.05) is 40.4 Å². The molecule has 3 rings (SSSR count). The molecule has 1 fully saturated rings. The quantitative estimate of drug-likeness (QED) is 0.653. The predicted molar refractivity (Wildman–Crippen MR) is 114 cm³/mol. The van der Waals surface area contributed by atoms with Crippen LogP contribution in [0.1, 0.15) is 16.0 Å². The summed E-state index contributed by atoms with van der Waals surface area (Å²) in [5.74, 6) is 0.391. The van der Waals surface area contributed by atoms with Gasteiger partial charge in [-0.1, -0.05) is 0 Å². The van der Waals surface area contributed by atoms with Crippen LogP contribution in [0.15, 0.2) is 28.5 Å². The molecule has 0 unspecified atom stereocenters. The molecule has 1 N–H and O–H groups in total. The van der Waals surface area contributed by atoms with Crippen LogP contribution in [0, 0.1) is 6.92 Å².